The highest BCUT2D eigenvalue weighted by Gasteiger charge is 2.29. The van der Waals surface area contributed by atoms with Gasteiger partial charge in [0.25, 0.3) is 20.2 Å². The van der Waals surface area contributed by atoms with Crippen LogP contribution < -0.4 is 4.74 Å². The Morgan fingerprint density at radius 3 is 1.55 bits per heavy atom. The second-order valence-corrected chi connectivity index (χ2v) is 7.50. The van der Waals surface area contributed by atoms with E-state index >= 15 is 0 Å². The first-order valence-corrected chi connectivity index (χ1v) is 8.92. The molecule has 22 heavy (non-hydrogen) atoms. The van der Waals surface area contributed by atoms with E-state index < -0.39 is 30.0 Å². The fourth-order valence-electron chi connectivity index (χ4n) is 2.35. The highest BCUT2D eigenvalue weighted by molar-refractivity contribution is 7.86. The molecule has 1 aliphatic heterocycles. The molecule has 0 fully saturated rings. The summed E-state index contributed by atoms with van der Waals surface area (Å²) in [6, 6.07) is 8.40. The number of rotatable bonds is 2. The lowest BCUT2D eigenvalue weighted by molar-refractivity contribution is 0.418. The molecule has 1 aliphatic rings. The van der Waals surface area contributed by atoms with Crippen LogP contribution in [0.2, 0.25) is 0 Å². The van der Waals surface area contributed by atoms with E-state index in [1.807, 2.05) is 0 Å². The van der Waals surface area contributed by atoms with Crippen molar-refractivity contribution in [2.24, 2.45) is 0 Å². The summed E-state index contributed by atoms with van der Waals surface area (Å²) in [5, 5.41) is 0. The minimum Gasteiger partial charge on any atom is -0.454 e. The summed E-state index contributed by atoms with van der Waals surface area (Å²) in [5.74, 6) is -0.290. The minimum absolute atomic E-state index is 0.145. The van der Waals surface area contributed by atoms with Gasteiger partial charge in [0.2, 0.25) is 0 Å². The molecule has 7 nitrogen and oxygen atoms in total. The van der Waals surface area contributed by atoms with Crippen molar-refractivity contribution in [3.8, 4) is 11.5 Å². The molecule has 0 bridgehead atoms. The van der Waals surface area contributed by atoms with Crippen molar-refractivity contribution >= 4 is 20.2 Å². The second-order valence-electron chi connectivity index (χ2n) is 4.72. The summed E-state index contributed by atoms with van der Waals surface area (Å²) in [5.41, 5.74) is 0.963. The van der Waals surface area contributed by atoms with Crippen molar-refractivity contribution in [3.63, 3.8) is 0 Å². The fraction of sp³-hybridized carbons (Fsp3) is 0.0769. The molecule has 0 atom stereocenters. The molecule has 0 aliphatic carbocycles. The molecule has 2 aromatic carbocycles. The predicted molar refractivity (Wildman–Crippen MR) is 75.4 cm³/mol. The van der Waals surface area contributed by atoms with Crippen LogP contribution >= 0.6 is 0 Å². The van der Waals surface area contributed by atoms with Gasteiger partial charge in [-0.05, 0) is 12.1 Å². The van der Waals surface area contributed by atoms with Gasteiger partial charge in [-0.2, -0.15) is 16.8 Å². The number of para-hydroxylation sites is 2. The van der Waals surface area contributed by atoms with E-state index in [-0.39, 0.29) is 17.9 Å². The normalized spacial score (nSPS) is 13.9. The third kappa shape index (κ3) is 2.48. The van der Waals surface area contributed by atoms with Gasteiger partial charge in [-0.1, -0.05) is 24.3 Å². The van der Waals surface area contributed by atoms with Crippen LogP contribution in [0.4, 0.5) is 0 Å². The molecule has 1 heterocycles. The number of hydrogen-bond acceptors (Lipinski definition) is 5. The summed E-state index contributed by atoms with van der Waals surface area (Å²) in [7, 11) is -9.06. The molecule has 2 aromatic rings. The third-order valence-corrected chi connectivity index (χ3v) is 5.02. The first kappa shape index (κ1) is 15.0. The zero-order valence-corrected chi connectivity index (χ0v) is 12.6. The smallest absolute Gasteiger partial charge is 0.298 e. The molecule has 0 spiro atoms. The van der Waals surface area contributed by atoms with E-state index in [1.54, 1.807) is 12.1 Å². The van der Waals surface area contributed by atoms with Gasteiger partial charge in [-0.25, -0.2) is 0 Å². The standard InChI is InChI=1S/C13H10O7S2/c14-21(15,16)10-5-1-3-8-7-9-4-2-6-11(22(17,18)19)13(9)20-12(8)10/h1-6H,7H2,(H,14,15,16)(H,17,18,19). The largest absolute Gasteiger partial charge is 0.454 e. The molecular weight excluding hydrogens is 332 g/mol. The molecule has 116 valence electrons. The minimum atomic E-state index is -4.53. The number of ether oxygens (including phenoxy) is 1. The van der Waals surface area contributed by atoms with Crippen LogP contribution in [-0.4, -0.2) is 25.9 Å². The topological polar surface area (TPSA) is 118 Å². The quantitative estimate of drug-likeness (QED) is 0.683. The molecule has 9 heteroatoms. The molecular formula is C13H10O7S2. The Morgan fingerprint density at radius 2 is 1.18 bits per heavy atom. The Labute approximate surface area is 126 Å². The first-order chi connectivity index (χ1) is 10.2. The van der Waals surface area contributed by atoms with Gasteiger partial charge in [-0.15, -0.1) is 0 Å². The Morgan fingerprint density at radius 1 is 0.773 bits per heavy atom. The van der Waals surface area contributed by atoms with Gasteiger partial charge >= 0.3 is 0 Å². The predicted octanol–water partition coefficient (Wildman–Crippen LogP) is 1.88. The van der Waals surface area contributed by atoms with Crippen molar-refractivity contribution in [2.45, 2.75) is 16.2 Å². The van der Waals surface area contributed by atoms with Crippen LogP contribution in [0.3, 0.4) is 0 Å². The number of fused-ring (bicyclic) bond motifs is 2. The lowest BCUT2D eigenvalue weighted by atomic mass is 10.0. The van der Waals surface area contributed by atoms with Crippen LogP contribution in [-0.2, 0) is 26.7 Å². The Balaban J connectivity index is 2.26. The number of hydrogen-bond donors (Lipinski definition) is 2. The van der Waals surface area contributed by atoms with E-state index in [1.165, 1.54) is 12.1 Å². The van der Waals surface area contributed by atoms with Gasteiger partial charge in [0.1, 0.15) is 9.79 Å². The molecule has 0 aromatic heterocycles. The molecule has 0 saturated heterocycles. The maximum Gasteiger partial charge on any atom is 0.298 e. The molecule has 0 amide bonds. The second kappa shape index (κ2) is 4.78. The lowest BCUT2D eigenvalue weighted by Crippen LogP contribution is -2.11. The Hall–Kier alpha value is -1.94. The summed E-state index contributed by atoms with van der Waals surface area (Å²) in [4.78, 5) is -0.915. The van der Waals surface area contributed by atoms with Crippen molar-refractivity contribution < 1.29 is 30.7 Å². The van der Waals surface area contributed by atoms with Gasteiger partial charge in [0.05, 0.1) is 0 Å². The van der Waals surface area contributed by atoms with E-state index in [0.29, 0.717) is 11.1 Å². The molecule has 0 unspecified atom stereocenters. The van der Waals surface area contributed by atoms with Crippen molar-refractivity contribution in [3.05, 3.63) is 47.5 Å². The highest BCUT2D eigenvalue weighted by Crippen LogP contribution is 2.43. The van der Waals surface area contributed by atoms with Crippen molar-refractivity contribution in [1.82, 2.24) is 0 Å². The van der Waals surface area contributed by atoms with Crippen molar-refractivity contribution in [2.75, 3.05) is 0 Å². The van der Waals surface area contributed by atoms with Crippen LogP contribution in [0.25, 0.3) is 0 Å². The van der Waals surface area contributed by atoms with Crippen LogP contribution in [0.1, 0.15) is 11.1 Å². The lowest BCUT2D eigenvalue weighted by Gasteiger charge is -2.23. The van der Waals surface area contributed by atoms with Gasteiger partial charge in [0, 0.05) is 17.5 Å². The fourth-order valence-corrected chi connectivity index (χ4v) is 3.66. The Bertz CT molecular complexity index is 896. The average Bonchev–Trinajstić information content (AvgIpc) is 2.41. The van der Waals surface area contributed by atoms with Crippen LogP contribution in [0.5, 0.6) is 11.5 Å². The van der Waals surface area contributed by atoms with Crippen LogP contribution in [0.15, 0.2) is 46.2 Å². The Kier molecular flexibility index (Phi) is 3.25. The van der Waals surface area contributed by atoms with E-state index in [9.17, 15) is 25.9 Å². The van der Waals surface area contributed by atoms with Gasteiger partial charge in [-0.3, -0.25) is 9.11 Å². The third-order valence-electron chi connectivity index (χ3n) is 3.26. The summed E-state index contributed by atoms with van der Waals surface area (Å²) in [6.07, 6.45) is 0.206. The summed E-state index contributed by atoms with van der Waals surface area (Å²) >= 11 is 0. The molecule has 0 radical (unpaired) electrons. The average molecular weight is 342 g/mol. The van der Waals surface area contributed by atoms with E-state index in [2.05, 4.69) is 0 Å². The summed E-state index contributed by atoms with van der Waals surface area (Å²) in [6.45, 7) is 0. The maximum atomic E-state index is 11.4. The van der Waals surface area contributed by atoms with Gasteiger partial charge < -0.3 is 4.74 Å². The zero-order chi connectivity index (χ0) is 16.1. The van der Waals surface area contributed by atoms with Crippen molar-refractivity contribution in [1.29, 1.82) is 0 Å². The van der Waals surface area contributed by atoms with E-state index in [4.69, 9.17) is 4.74 Å². The van der Waals surface area contributed by atoms with Crippen LogP contribution in [0, 0.1) is 0 Å². The maximum absolute atomic E-state index is 11.4. The number of benzene rings is 2. The first-order valence-electron chi connectivity index (χ1n) is 6.04. The van der Waals surface area contributed by atoms with E-state index in [0.717, 1.165) is 12.1 Å². The molecule has 0 saturated carbocycles. The summed E-state index contributed by atoms with van der Waals surface area (Å²) < 4.78 is 69.5. The zero-order valence-electron chi connectivity index (χ0n) is 10.9. The SMILES string of the molecule is O=S(=O)(O)c1cccc2c1Oc1c(cccc1S(=O)(=O)O)C2. The molecule has 2 N–H and O–H groups in total. The highest BCUT2D eigenvalue weighted by atomic mass is 32.2. The van der Waals surface area contributed by atoms with Gasteiger partial charge in [0.15, 0.2) is 11.5 Å². The monoisotopic (exact) mass is 342 g/mol. The molecule has 3 rings (SSSR count).